The quantitative estimate of drug-likeness (QED) is 0.0254. The van der Waals surface area contributed by atoms with Gasteiger partial charge < -0.3 is 48.9 Å². The van der Waals surface area contributed by atoms with E-state index in [2.05, 4.69) is 23.4 Å². The van der Waals surface area contributed by atoms with Crippen LogP contribution in [0, 0.1) is 0 Å². The van der Waals surface area contributed by atoms with Gasteiger partial charge in [-0.15, -0.1) is 6.54 Å². The largest absolute Gasteiger partial charge is 0.676 e. The van der Waals surface area contributed by atoms with Crippen LogP contribution in [0.15, 0.2) is 37.0 Å². The summed E-state index contributed by atoms with van der Waals surface area (Å²) in [6, 6.07) is 0. The van der Waals surface area contributed by atoms with E-state index >= 15 is 0 Å². The maximum atomic E-state index is 13.1. The van der Waals surface area contributed by atoms with Crippen molar-refractivity contribution in [3.63, 3.8) is 0 Å². The second-order valence-electron chi connectivity index (χ2n) is 15.2. The van der Waals surface area contributed by atoms with Crippen LogP contribution < -0.4 is 5.32 Å². The average molecular weight is 879 g/mol. The van der Waals surface area contributed by atoms with Gasteiger partial charge in [0, 0.05) is 45.7 Å². The minimum Gasteiger partial charge on any atom is -0.676 e. The molecule has 16 nitrogen and oxygen atoms in total. The molecule has 0 unspecified atom stereocenters. The zero-order valence-electron chi connectivity index (χ0n) is 35.3. The smallest absolute Gasteiger partial charge is 0.308 e. The van der Waals surface area contributed by atoms with Crippen LogP contribution in [0.5, 0.6) is 0 Å². The first-order chi connectivity index (χ1) is 25.6. The molecule has 0 aromatic heterocycles. The van der Waals surface area contributed by atoms with Gasteiger partial charge in [-0.2, -0.15) is 0 Å². The Morgan fingerprint density at radius 2 is 0.982 bits per heavy atom. The zero-order chi connectivity index (χ0) is 42.4. The Bertz CT molecular complexity index is 1060. The molecule has 56 heavy (non-hydrogen) atoms. The molecule has 0 aliphatic rings. The summed E-state index contributed by atoms with van der Waals surface area (Å²) in [6.07, 6.45) is 4.87. The van der Waals surface area contributed by atoms with Gasteiger partial charge >= 0.3 is 17.9 Å². The summed E-state index contributed by atoms with van der Waals surface area (Å²) in [5.74, 6) is -1.69. The molecule has 0 aliphatic carbocycles. The van der Waals surface area contributed by atoms with Crippen LogP contribution in [0.3, 0.4) is 0 Å². The normalized spacial score (nSPS) is 12.0. The van der Waals surface area contributed by atoms with E-state index in [1.807, 2.05) is 0 Å². The number of rotatable bonds is 28. The molecule has 1 amide bonds. The first kappa shape index (κ1) is 58.2. The number of allylic oxidation sites excluding steroid dienone is 2. The van der Waals surface area contributed by atoms with Crippen molar-refractivity contribution in [2.75, 3.05) is 79.2 Å². The Hall–Kier alpha value is -2.12. The molecule has 0 saturated carbocycles. The van der Waals surface area contributed by atoms with Gasteiger partial charge in [-0.1, -0.05) is 31.4 Å². The number of ether oxygens (including phenoxy) is 8. The van der Waals surface area contributed by atoms with Crippen molar-refractivity contribution < 1.29 is 99.9 Å². The van der Waals surface area contributed by atoms with Gasteiger partial charge in [0.25, 0.3) is 0 Å². The zero-order valence-corrected chi connectivity index (χ0v) is 38.1. The summed E-state index contributed by atoms with van der Waals surface area (Å²) in [5.41, 5.74) is 4.71. The predicted molar refractivity (Wildman–Crippen MR) is 207 cm³/mol. The van der Waals surface area contributed by atoms with Gasteiger partial charge in [0.05, 0.1) is 78.7 Å². The first-order valence-corrected chi connectivity index (χ1v) is 18.3. The second-order valence-corrected chi connectivity index (χ2v) is 15.2. The summed E-state index contributed by atoms with van der Waals surface area (Å²) in [4.78, 5) is 53.5. The second kappa shape index (κ2) is 32.8. The molecule has 0 rings (SSSR count). The van der Waals surface area contributed by atoms with E-state index in [-0.39, 0.29) is 130 Å². The fourth-order valence-corrected chi connectivity index (χ4v) is 4.00. The standard InChI is InChI=1S/C32H59N2O12.C7H10O2.Y/c1-29(2,3)44-26(36)11-16-41-22-32(23-42-17-12-27(37)45-30(4,5)6,24-43-18-13-28(38)46-31(7,8)9)34-25(35)10-15-39-20-21-40-19-14-33;1-3-5-7(4-2)6-9-8;/h33H,10-24H2,1-9H3,(H,34,35);3-5,8H,1-2,6H2;/q-1;;/b;7-5+;. The molecular weight excluding hydrogens is 809 g/mol. The van der Waals surface area contributed by atoms with E-state index in [4.69, 9.17) is 48.9 Å². The summed E-state index contributed by atoms with van der Waals surface area (Å²) in [5, 5.41) is 10.9. The molecule has 0 saturated heterocycles. The van der Waals surface area contributed by atoms with Gasteiger partial charge in [-0.3, -0.25) is 24.4 Å². The molecule has 1 radical (unpaired) electrons. The molecule has 0 atom stereocenters. The van der Waals surface area contributed by atoms with Crippen LogP contribution in [-0.4, -0.2) is 131 Å². The summed E-state index contributed by atoms with van der Waals surface area (Å²) in [7, 11) is 0. The molecule has 17 heteroatoms. The molecule has 3 N–H and O–H groups in total. The molecule has 0 aliphatic heterocycles. The monoisotopic (exact) mass is 878 g/mol. The minimum absolute atomic E-state index is 0. The summed E-state index contributed by atoms with van der Waals surface area (Å²) in [6.45, 7) is 23.9. The Morgan fingerprint density at radius 1 is 0.607 bits per heavy atom. The molecule has 0 bridgehead atoms. The van der Waals surface area contributed by atoms with Crippen LogP contribution in [-0.2, 0) is 94.7 Å². The van der Waals surface area contributed by atoms with Crippen molar-refractivity contribution in [1.29, 1.82) is 0 Å². The van der Waals surface area contributed by atoms with Crippen molar-refractivity contribution in [1.82, 2.24) is 5.32 Å². The third kappa shape index (κ3) is 38.7. The number of nitrogens with one attached hydrogen (secondary N) is 2. The fraction of sp³-hybridized carbons (Fsp3) is 0.744. The summed E-state index contributed by atoms with van der Waals surface area (Å²) < 4.78 is 44.2. The maximum Gasteiger partial charge on any atom is 0.308 e. The van der Waals surface area contributed by atoms with E-state index in [0.717, 1.165) is 5.57 Å². The van der Waals surface area contributed by atoms with Crippen LogP contribution in [0.4, 0.5) is 0 Å². The topological polar surface area (TPSA) is 207 Å². The molecule has 0 aromatic carbocycles. The Labute approximate surface area is 359 Å². The Morgan fingerprint density at radius 3 is 1.30 bits per heavy atom. The third-order valence-electron chi connectivity index (χ3n) is 6.07. The van der Waals surface area contributed by atoms with Crippen molar-refractivity contribution in [3.8, 4) is 0 Å². The van der Waals surface area contributed by atoms with Gasteiger partial charge in [0.15, 0.2) is 0 Å². The Balaban J connectivity index is -0.00000248. The van der Waals surface area contributed by atoms with Gasteiger partial charge in [0.1, 0.15) is 28.9 Å². The fourth-order valence-electron chi connectivity index (χ4n) is 4.00. The van der Waals surface area contributed by atoms with Crippen molar-refractivity contribution in [3.05, 3.63) is 42.7 Å². The number of carbonyl (C=O) groups excluding carboxylic acids is 4. The SMILES string of the molecule is C=C/C=C(\C=C)COO.CC(C)(C)OC(=O)CCOCC(COCCC(=O)OC(C)(C)C)(COCCC(=O)OC(C)(C)C)NC(=O)CCOCCOCC[NH-].[Y]. The molecule has 323 valence electrons. The third-order valence-corrected chi connectivity index (χ3v) is 6.07. The van der Waals surface area contributed by atoms with Crippen LogP contribution in [0.2, 0.25) is 0 Å². The minimum atomic E-state index is -1.25. The van der Waals surface area contributed by atoms with Crippen LogP contribution in [0.1, 0.15) is 88.0 Å². The number of carbonyl (C=O) groups is 4. The summed E-state index contributed by atoms with van der Waals surface area (Å²) >= 11 is 0. The van der Waals surface area contributed by atoms with Crippen molar-refractivity contribution in [2.24, 2.45) is 0 Å². The number of hydrogen-bond donors (Lipinski definition) is 2. The van der Waals surface area contributed by atoms with E-state index in [0.29, 0.717) is 13.2 Å². The van der Waals surface area contributed by atoms with Crippen LogP contribution in [0.25, 0.3) is 5.73 Å². The average Bonchev–Trinajstić information content (AvgIpc) is 3.04. The van der Waals surface area contributed by atoms with E-state index in [9.17, 15) is 19.2 Å². The molecule has 0 aromatic rings. The number of amides is 1. The van der Waals surface area contributed by atoms with Crippen molar-refractivity contribution >= 4 is 23.8 Å². The number of hydrogen-bond acceptors (Lipinski definition) is 14. The van der Waals surface area contributed by atoms with Gasteiger partial charge in [-0.05, 0) is 67.9 Å². The maximum absolute atomic E-state index is 13.1. The van der Waals surface area contributed by atoms with E-state index in [1.54, 1.807) is 80.5 Å². The van der Waals surface area contributed by atoms with Gasteiger partial charge in [0.2, 0.25) is 5.91 Å². The predicted octanol–water partition coefficient (Wildman–Crippen LogP) is 5.33. The van der Waals surface area contributed by atoms with Crippen LogP contribution >= 0.6 is 0 Å². The molecule has 0 heterocycles. The first-order valence-electron chi connectivity index (χ1n) is 18.3. The molecular formula is C39H69N2O14Y-. The number of esters is 3. The van der Waals surface area contributed by atoms with Crippen molar-refractivity contribution in [2.45, 2.75) is 110 Å². The van der Waals surface area contributed by atoms with Gasteiger partial charge in [-0.25, -0.2) is 4.89 Å². The molecule has 0 spiro atoms. The van der Waals surface area contributed by atoms with E-state index in [1.165, 1.54) is 0 Å². The van der Waals surface area contributed by atoms with E-state index < -0.39 is 40.2 Å². The molecule has 0 fully saturated rings. The Kier molecular flexibility index (Phi) is 34.1.